The minimum atomic E-state index is -1.46. The van der Waals surface area contributed by atoms with Gasteiger partial charge in [0.05, 0.1) is 0 Å². The van der Waals surface area contributed by atoms with Crippen molar-refractivity contribution in [2.24, 2.45) is 0 Å². The van der Waals surface area contributed by atoms with Crippen LogP contribution >= 0.6 is 0 Å². The van der Waals surface area contributed by atoms with Crippen LogP contribution in [0.1, 0.15) is 11.1 Å². The van der Waals surface area contributed by atoms with E-state index < -0.39 is 23.8 Å². The monoisotopic (exact) mass is 328 g/mol. The number of hydrogen-bond donors (Lipinski definition) is 2. The minimum Gasteiger partial charge on any atom is -0.403 e. The second kappa shape index (κ2) is 5.39. The Balaban J connectivity index is 1.43. The quantitative estimate of drug-likeness (QED) is 0.479. The van der Waals surface area contributed by atoms with Crippen molar-refractivity contribution >= 4 is 11.9 Å². The molecule has 0 amide bonds. The predicted octanol–water partition coefficient (Wildman–Crippen LogP) is 0.763. The number of carbonyl (C=O) groups excluding carboxylic acids is 2. The molecule has 8 nitrogen and oxygen atoms in total. The second-order valence-electron chi connectivity index (χ2n) is 5.15. The lowest BCUT2D eigenvalue weighted by Gasteiger charge is -2.13. The Morgan fingerprint density at radius 3 is 1.33 bits per heavy atom. The highest BCUT2D eigenvalue weighted by molar-refractivity contribution is 6.29. The largest absolute Gasteiger partial charge is 0.421 e. The van der Waals surface area contributed by atoms with Gasteiger partial charge in [-0.15, -0.1) is 11.0 Å². The van der Waals surface area contributed by atoms with Gasteiger partial charge in [-0.1, -0.05) is 60.7 Å². The van der Waals surface area contributed by atoms with Crippen molar-refractivity contribution in [3.05, 3.63) is 71.8 Å². The molecule has 2 aliphatic rings. The zero-order valence-electron chi connectivity index (χ0n) is 12.2. The van der Waals surface area contributed by atoms with Crippen LogP contribution in [0.5, 0.6) is 0 Å². The minimum absolute atomic E-state index is 0.546. The van der Waals surface area contributed by atoms with E-state index in [1.165, 1.54) is 0 Å². The molecule has 2 atom stereocenters. The Hall–Kier alpha value is -2.78. The van der Waals surface area contributed by atoms with Crippen LogP contribution in [0, 0.1) is 0 Å². The molecular formula is C16H12N2O6. The lowest BCUT2D eigenvalue weighted by atomic mass is 10.2. The fourth-order valence-corrected chi connectivity index (χ4v) is 2.19. The molecule has 2 fully saturated rings. The second-order valence-corrected chi connectivity index (χ2v) is 5.15. The van der Waals surface area contributed by atoms with Crippen LogP contribution in [0.4, 0.5) is 0 Å². The van der Waals surface area contributed by atoms with Gasteiger partial charge in [0.1, 0.15) is 0 Å². The van der Waals surface area contributed by atoms with Crippen LogP contribution in [0.2, 0.25) is 0 Å². The number of carbonyl (C=O) groups is 2. The Morgan fingerprint density at radius 2 is 1.04 bits per heavy atom. The summed E-state index contributed by atoms with van der Waals surface area (Å²) in [5.41, 5.74) is 6.02. The molecule has 0 aromatic heterocycles. The van der Waals surface area contributed by atoms with Gasteiger partial charge in [0.25, 0.3) is 0 Å². The molecule has 0 spiro atoms. The third-order valence-corrected chi connectivity index (χ3v) is 3.52. The number of rotatable bonds is 4. The molecular weight excluding hydrogens is 316 g/mol. The summed E-state index contributed by atoms with van der Waals surface area (Å²) >= 11 is 0. The van der Waals surface area contributed by atoms with Gasteiger partial charge in [-0.2, -0.15) is 0 Å². The number of esters is 2. The highest BCUT2D eigenvalue weighted by atomic mass is 17.0. The molecule has 0 radical (unpaired) electrons. The predicted molar refractivity (Wildman–Crippen MR) is 76.9 cm³/mol. The smallest absolute Gasteiger partial charge is 0.403 e. The Morgan fingerprint density at radius 1 is 0.708 bits per heavy atom. The van der Waals surface area contributed by atoms with Crippen LogP contribution < -0.4 is 11.0 Å². The molecule has 2 aliphatic heterocycles. The first kappa shape index (κ1) is 14.8. The fraction of sp³-hybridized carbons (Fsp3) is 0.125. The van der Waals surface area contributed by atoms with Crippen molar-refractivity contribution in [2.45, 2.75) is 11.8 Å². The molecule has 2 saturated heterocycles. The van der Waals surface area contributed by atoms with E-state index >= 15 is 0 Å². The average Bonchev–Trinajstić information content (AvgIpc) is 3.54. The van der Waals surface area contributed by atoms with Crippen LogP contribution in [0.3, 0.4) is 0 Å². The first-order valence-electron chi connectivity index (χ1n) is 7.11. The molecule has 2 aromatic rings. The van der Waals surface area contributed by atoms with E-state index in [1.54, 1.807) is 60.7 Å². The van der Waals surface area contributed by atoms with Gasteiger partial charge in [0.2, 0.25) is 0 Å². The summed E-state index contributed by atoms with van der Waals surface area (Å²) in [6.07, 6.45) is 0. The van der Waals surface area contributed by atoms with Crippen molar-refractivity contribution in [3.8, 4) is 0 Å². The first-order valence-corrected chi connectivity index (χ1v) is 7.11. The van der Waals surface area contributed by atoms with Crippen LogP contribution in [-0.4, -0.2) is 11.9 Å². The van der Waals surface area contributed by atoms with E-state index in [4.69, 9.17) is 19.1 Å². The van der Waals surface area contributed by atoms with Crippen LogP contribution in [-0.2, 0) is 40.6 Å². The van der Waals surface area contributed by atoms with Gasteiger partial charge < -0.3 is 9.47 Å². The van der Waals surface area contributed by atoms with Crippen LogP contribution in [0.15, 0.2) is 60.7 Å². The number of nitrogens with one attached hydrogen (secondary N) is 2. The molecule has 8 heteroatoms. The lowest BCUT2D eigenvalue weighted by molar-refractivity contribution is -0.186. The SMILES string of the molecule is O=C(OC1(c2ccccc2)NO1)C(=O)OC1(c2ccccc2)NO1. The third kappa shape index (κ3) is 2.63. The van der Waals surface area contributed by atoms with E-state index in [0.717, 1.165) is 0 Å². The summed E-state index contributed by atoms with van der Waals surface area (Å²) in [7, 11) is 0. The maximum Gasteiger partial charge on any atom is 0.421 e. The van der Waals surface area contributed by atoms with E-state index in [9.17, 15) is 9.59 Å². The van der Waals surface area contributed by atoms with Gasteiger partial charge in [-0.25, -0.2) is 19.3 Å². The van der Waals surface area contributed by atoms with Crippen molar-refractivity contribution in [1.82, 2.24) is 11.0 Å². The Labute approximate surface area is 136 Å². The van der Waals surface area contributed by atoms with Gasteiger partial charge in [-0.3, -0.25) is 0 Å². The van der Waals surface area contributed by atoms with Crippen molar-refractivity contribution in [3.63, 3.8) is 0 Å². The van der Waals surface area contributed by atoms with Crippen LogP contribution in [0.25, 0.3) is 0 Å². The fourth-order valence-electron chi connectivity index (χ4n) is 2.19. The van der Waals surface area contributed by atoms with Crippen molar-refractivity contribution < 1.29 is 28.7 Å². The Kier molecular flexibility index (Phi) is 3.32. The highest BCUT2D eigenvalue weighted by Gasteiger charge is 2.56. The highest BCUT2D eigenvalue weighted by Crippen LogP contribution is 2.36. The normalized spacial score (nSPS) is 27.2. The van der Waals surface area contributed by atoms with E-state index in [2.05, 4.69) is 11.0 Å². The summed E-state index contributed by atoms with van der Waals surface area (Å²) in [4.78, 5) is 34.0. The lowest BCUT2D eigenvalue weighted by Crippen LogP contribution is -2.32. The first-order chi connectivity index (χ1) is 11.6. The topological polar surface area (TPSA) is 122 Å². The van der Waals surface area contributed by atoms with E-state index in [-0.39, 0.29) is 0 Å². The third-order valence-electron chi connectivity index (χ3n) is 3.52. The zero-order chi connectivity index (χ0) is 16.6. The standard InChI is InChI=1S/C16H12N2O6/c19-13(21-15(17-23-15)11-7-3-1-4-8-11)14(20)22-16(18-24-16)12-9-5-2-6-10-12/h1-10,17-18H. The molecule has 0 bridgehead atoms. The molecule has 2 unspecified atom stereocenters. The summed E-state index contributed by atoms with van der Waals surface area (Å²) < 4.78 is 10.2. The van der Waals surface area contributed by atoms with Gasteiger partial charge in [0, 0.05) is 11.1 Å². The summed E-state index contributed by atoms with van der Waals surface area (Å²) in [5, 5.41) is 0. The maximum atomic E-state index is 12.0. The van der Waals surface area contributed by atoms with Crippen molar-refractivity contribution in [1.29, 1.82) is 0 Å². The van der Waals surface area contributed by atoms with Crippen molar-refractivity contribution in [2.75, 3.05) is 0 Å². The number of benzene rings is 2. The summed E-state index contributed by atoms with van der Waals surface area (Å²) in [6, 6.07) is 17.4. The summed E-state index contributed by atoms with van der Waals surface area (Å²) in [6.45, 7) is 0. The number of hydroxylamine groups is 2. The molecule has 2 heterocycles. The van der Waals surface area contributed by atoms with Gasteiger partial charge in [0.15, 0.2) is 0 Å². The van der Waals surface area contributed by atoms with E-state index in [0.29, 0.717) is 11.1 Å². The van der Waals surface area contributed by atoms with Gasteiger partial charge >= 0.3 is 23.8 Å². The summed E-state index contributed by atoms with van der Waals surface area (Å²) in [5.74, 6) is -5.35. The molecule has 2 aromatic carbocycles. The molecule has 0 aliphatic carbocycles. The molecule has 2 N–H and O–H groups in total. The molecule has 4 rings (SSSR count). The molecule has 122 valence electrons. The van der Waals surface area contributed by atoms with Gasteiger partial charge in [-0.05, 0) is 0 Å². The Bertz CT molecular complexity index is 704. The maximum absolute atomic E-state index is 12.0. The number of ether oxygens (including phenoxy) is 2. The molecule has 24 heavy (non-hydrogen) atoms. The molecule has 0 saturated carbocycles. The van der Waals surface area contributed by atoms with E-state index in [1.807, 2.05) is 0 Å². The average molecular weight is 328 g/mol. The zero-order valence-corrected chi connectivity index (χ0v) is 12.2. The number of hydrogen-bond acceptors (Lipinski definition) is 8.